The number of hydrogen-bond donors (Lipinski definition) is 1. The molecule has 66 valence electrons. The highest BCUT2D eigenvalue weighted by Crippen LogP contribution is 2.17. The fourth-order valence-electron chi connectivity index (χ4n) is 1.18. The molecule has 0 saturated carbocycles. The molecular weight excluding hydrogens is 160 g/mol. The van der Waals surface area contributed by atoms with Crippen molar-refractivity contribution in [1.82, 2.24) is 4.90 Å². The van der Waals surface area contributed by atoms with Crippen LogP contribution in [0.5, 0.6) is 0 Å². The van der Waals surface area contributed by atoms with Crippen LogP contribution in [-0.4, -0.2) is 39.7 Å². The Morgan fingerprint density at radius 2 is 2.00 bits per heavy atom. The van der Waals surface area contributed by atoms with E-state index in [1.54, 1.807) is 0 Å². The molecule has 1 unspecified atom stereocenters. The first-order chi connectivity index (χ1) is 4.91. The highest BCUT2D eigenvalue weighted by Gasteiger charge is 2.33. The van der Waals surface area contributed by atoms with E-state index in [9.17, 15) is 4.21 Å². The van der Waals surface area contributed by atoms with E-state index in [0.717, 1.165) is 13.1 Å². The van der Waals surface area contributed by atoms with Crippen LogP contribution in [0.4, 0.5) is 0 Å². The summed E-state index contributed by atoms with van der Waals surface area (Å²) in [6.07, 6.45) is 1.54. The normalized spacial score (nSPS) is 26.5. The van der Waals surface area contributed by atoms with Gasteiger partial charge >= 0.3 is 0 Å². The van der Waals surface area contributed by atoms with Crippen LogP contribution in [0.25, 0.3) is 0 Å². The fraction of sp³-hybridized carbons (Fsp3) is 1.00. The Morgan fingerprint density at radius 3 is 2.27 bits per heavy atom. The third-order valence-electron chi connectivity index (χ3n) is 2.24. The Kier molecular flexibility index (Phi) is 2.25. The van der Waals surface area contributed by atoms with Gasteiger partial charge in [0.1, 0.15) is 0 Å². The Hall–Kier alpha value is -0.0900. The highest BCUT2D eigenvalue weighted by molar-refractivity contribution is 7.92. The summed E-state index contributed by atoms with van der Waals surface area (Å²) in [5.41, 5.74) is 0. The first-order valence-electron chi connectivity index (χ1n) is 3.88. The number of nitrogens with one attached hydrogen (secondary N) is 1. The van der Waals surface area contributed by atoms with Crippen LogP contribution in [-0.2, 0) is 9.73 Å². The zero-order chi connectivity index (χ0) is 8.65. The molecule has 0 aromatic heterocycles. The average Bonchev–Trinajstić information content (AvgIpc) is 1.51. The minimum absolute atomic E-state index is 0.116. The average molecular weight is 176 g/mol. The van der Waals surface area contributed by atoms with Crippen molar-refractivity contribution >= 4 is 9.73 Å². The predicted molar refractivity (Wildman–Crippen MR) is 47.3 cm³/mol. The Morgan fingerprint density at radius 1 is 1.55 bits per heavy atom. The molecular formula is C7H16N2OS. The second-order valence-electron chi connectivity index (χ2n) is 3.57. The molecule has 0 amide bonds. The maximum atomic E-state index is 11.2. The predicted octanol–water partition coefficient (Wildman–Crippen LogP) is 0.756. The smallest absolute Gasteiger partial charge is 0.0679 e. The molecule has 1 atom stereocenters. The minimum Gasteiger partial charge on any atom is -0.298 e. The summed E-state index contributed by atoms with van der Waals surface area (Å²) in [5.74, 6) is 0. The molecule has 0 aliphatic carbocycles. The molecule has 1 fully saturated rings. The van der Waals surface area contributed by atoms with E-state index in [4.69, 9.17) is 4.78 Å². The highest BCUT2D eigenvalue weighted by atomic mass is 32.2. The van der Waals surface area contributed by atoms with E-state index in [2.05, 4.69) is 18.7 Å². The van der Waals surface area contributed by atoms with Crippen LogP contribution in [0.2, 0.25) is 0 Å². The zero-order valence-electron chi connectivity index (χ0n) is 7.33. The van der Waals surface area contributed by atoms with Gasteiger partial charge in [-0.1, -0.05) is 0 Å². The van der Waals surface area contributed by atoms with Gasteiger partial charge in [0, 0.05) is 35.1 Å². The quantitative estimate of drug-likeness (QED) is 0.675. The molecule has 4 heteroatoms. The Labute approximate surface area is 68.8 Å². The monoisotopic (exact) mass is 176 g/mol. The summed E-state index contributed by atoms with van der Waals surface area (Å²) in [6, 6.07) is 0.535. The molecule has 0 spiro atoms. The Balaban J connectivity index is 2.42. The van der Waals surface area contributed by atoms with Crippen molar-refractivity contribution < 1.29 is 4.21 Å². The molecule has 1 saturated heterocycles. The molecule has 3 nitrogen and oxygen atoms in total. The van der Waals surface area contributed by atoms with Gasteiger partial charge in [0.2, 0.25) is 0 Å². The van der Waals surface area contributed by atoms with Gasteiger partial charge in [-0.25, -0.2) is 4.21 Å². The second kappa shape index (κ2) is 2.75. The lowest BCUT2D eigenvalue weighted by atomic mass is 10.1. The first-order valence-corrected chi connectivity index (χ1v) is 5.91. The van der Waals surface area contributed by atoms with Crippen molar-refractivity contribution in [1.29, 1.82) is 4.78 Å². The van der Waals surface area contributed by atoms with Gasteiger partial charge in [0.25, 0.3) is 0 Å². The van der Waals surface area contributed by atoms with Gasteiger partial charge in [-0.05, 0) is 13.8 Å². The third-order valence-corrected chi connectivity index (χ3v) is 3.81. The molecule has 1 aliphatic heterocycles. The van der Waals surface area contributed by atoms with E-state index in [1.807, 2.05) is 0 Å². The molecule has 11 heavy (non-hydrogen) atoms. The summed E-state index contributed by atoms with van der Waals surface area (Å²) in [6.45, 7) is 5.93. The maximum Gasteiger partial charge on any atom is 0.0679 e. The van der Waals surface area contributed by atoms with Crippen molar-refractivity contribution in [2.24, 2.45) is 0 Å². The van der Waals surface area contributed by atoms with E-state index < -0.39 is 9.73 Å². The van der Waals surface area contributed by atoms with Crippen molar-refractivity contribution in [3.05, 3.63) is 0 Å². The van der Waals surface area contributed by atoms with Gasteiger partial charge in [0.15, 0.2) is 0 Å². The van der Waals surface area contributed by atoms with Gasteiger partial charge in [-0.15, -0.1) is 0 Å². The first kappa shape index (κ1) is 9.00. The van der Waals surface area contributed by atoms with Gasteiger partial charge in [-0.3, -0.25) is 9.68 Å². The zero-order valence-corrected chi connectivity index (χ0v) is 8.15. The number of rotatable bonds is 2. The van der Waals surface area contributed by atoms with Crippen LogP contribution in [0.1, 0.15) is 13.8 Å². The summed E-state index contributed by atoms with van der Waals surface area (Å²) < 4.78 is 18.5. The lowest BCUT2D eigenvalue weighted by Gasteiger charge is -2.41. The number of nitrogens with zero attached hydrogens (tertiary/aromatic N) is 1. The van der Waals surface area contributed by atoms with Crippen molar-refractivity contribution in [2.75, 3.05) is 19.3 Å². The SMILES string of the molecule is CC(C)N1CC(S(C)(=N)=O)C1. The summed E-state index contributed by atoms with van der Waals surface area (Å²) >= 11 is 0. The number of likely N-dealkylation sites (tertiary alicyclic amines) is 1. The second-order valence-corrected chi connectivity index (χ2v) is 6.05. The van der Waals surface area contributed by atoms with Crippen molar-refractivity contribution in [3.63, 3.8) is 0 Å². The van der Waals surface area contributed by atoms with E-state index in [1.165, 1.54) is 6.26 Å². The van der Waals surface area contributed by atoms with Crippen LogP contribution < -0.4 is 0 Å². The van der Waals surface area contributed by atoms with E-state index in [0.29, 0.717) is 6.04 Å². The molecule has 1 N–H and O–H groups in total. The lowest BCUT2D eigenvalue weighted by molar-refractivity contribution is 0.144. The van der Waals surface area contributed by atoms with Gasteiger partial charge in [-0.2, -0.15) is 0 Å². The molecule has 1 rings (SSSR count). The number of hydrogen-bond acceptors (Lipinski definition) is 3. The topological polar surface area (TPSA) is 44.2 Å². The molecule has 1 heterocycles. The van der Waals surface area contributed by atoms with Crippen LogP contribution in [0, 0.1) is 4.78 Å². The molecule has 0 aromatic rings. The molecule has 0 bridgehead atoms. The standard InChI is InChI=1S/C7H16N2OS/c1-6(2)9-4-7(5-9)11(3,8)10/h6-8H,4-5H2,1-3H3. The van der Waals surface area contributed by atoms with E-state index >= 15 is 0 Å². The molecule has 1 aliphatic rings. The third kappa shape index (κ3) is 1.93. The largest absolute Gasteiger partial charge is 0.298 e. The summed E-state index contributed by atoms with van der Waals surface area (Å²) in [5, 5.41) is 0.116. The Bertz CT molecular complexity index is 227. The van der Waals surface area contributed by atoms with Gasteiger partial charge in [0.05, 0.1) is 5.25 Å². The van der Waals surface area contributed by atoms with Crippen LogP contribution >= 0.6 is 0 Å². The maximum absolute atomic E-state index is 11.2. The van der Waals surface area contributed by atoms with Gasteiger partial charge < -0.3 is 0 Å². The summed E-state index contributed by atoms with van der Waals surface area (Å²) in [7, 11) is -2.27. The lowest BCUT2D eigenvalue weighted by Crippen LogP contribution is -2.56. The minimum atomic E-state index is -2.27. The molecule has 0 radical (unpaired) electrons. The van der Waals surface area contributed by atoms with Crippen LogP contribution in [0.15, 0.2) is 0 Å². The summed E-state index contributed by atoms with van der Waals surface area (Å²) in [4.78, 5) is 2.24. The van der Waals surface area contributed by atoms with Crippen molar-refractivity contribution in [2.45, 2.75) is 25.1 Å². The fourth-order valence-corrected chi connectivity index (χ4v) is 2.13. The molecule has 0 aromatic carbocycles. The van der Waals surface area contributed by atoms with Crippen molar-refractivity contribution in [3.8, 4) is 0 Å². The van der Waals surface area contributed by atoms with E-state index in [-0.39, 0.29) is 5.25 Å². The van der Waals surface area contributed by atoms with Crippen LogP contribution in [0.3, 0.4) is 0 Å².